The van der Waals surface area contributed by atoms with Gasteiger partial charge in [0.15, 0.2) is 11.5 Å². The first kappa shape index (κ1) is 40.2. The van der Waals surface area contributed by atoms with Crippen LogP contribution in [0.25, 0.3) is 66.2 Å². The maximum Gasteiger partial charge on any atom is 0.187 e. The molecule has 0 atom stereocenters. The molecule has 314 valence electrons. The zero-order valence-corrected chi connectivity index (χ0v) is 36.1. The molecule has 0 amide bonds. The third kappa shape index (κ3) is 7.80. The van der Waals surface area contributed by atoms with E-state index in [9.17, 15) is 5.26 Å². The summed E-state index contributed by atoms with van der Waals surface area (Å²) in [5, 5.41) is 11.8. The zero-order valence-electron chi connectivity index (χ0n) is 36.1. The minimum atomic E-state index is 0.565. The maximum absolute atomic E-state index is 9.66. The molecule has 2 heterocycles. The first-order valence-corrected chi connectivity index (χ1v) is 22.0. The second kappa shape index (κ2) is 17.5. The van der Waals surface area contributed by atoms with Crippen LogP contribution >= 0.6 is 0 Å². The SMILES string of the molecule is [C-]#[N+]c1ccc(N(c2ccc(C#N)cc2)c2ccc3c(c2)c2cc(N(c4ccccc4)c4ccccc4)ccc2n3-c2ccc(-c3cc(-c4ccccc4)nc(-c4ccccc4)n3)cc2)cc1. The summed E-state index contributed by atoms with van der Waals surface area (Å²) < 4.78 is 2.33. The summed E-state index contributed by atoms with van der Waals surface area (Å²) in [5.41, 5.74) is 14.8. The van der Waals surface area contributed by atoms with Gasteiger partial charge < -0.3 is 14.4 Å². The third-order valence-corrected chi connectivity index (χ3v) is 12.0. The molecule has 0 spiro atoms. The van der Waals surface area contributed by atoms with Gasteiger partial charge in [0.05, 0.1) is 40.6 Å². The van der Waals surface area contributed by atoms with Crippen molar-refractivity contribution in [3.8, 4) is 45.7 Å². The number of nitrogens with zero attached hydrogens (tertiary/aromatic N) is 7. The van der Waals surface area contributed by atoms with E-state index < -0.39 is 0 Å². The highest BCUT2D eigenvalue weighted by atomic mass is 15.1. The Hall–Kier alpha value is -9.56. The van der Waals surface area contributed by atoms with Gasteiger partial charge >= 0.3 is 0 Å². The first-order chi connectivity index (χ1) is 33.1. The Bertz CT molecular complexity index is 3460. The number of hydrogen-bond donors (Lipinski definition) is 0. The van der Waals surface area contributed by atoms with Gasteiger partial charge in [0, 0.05) is 67.3 Å². The number of aromatic nitrogens is 3. The molecule has 0 bridgehead atoms. The van der Waals surface area contributed by atoms with E-state index in [1.165, 1.54) is 0 Å². The molecule has 11 aromatic rings. The molecular formula is C60H39N7. The third-order valence-electron chi connectivity index (χ3n) is 12.0. The number of para-hydroxylation sites is 2. The van der Waals surface area contributed by atoms with Crippen LogP contribution in [0.2, 0.25) is 0 Å². The van der Waals surface area contributed by atoms with Crippen molar-refractivity contribution in [3.05, 3.63) is 254 Å². The van der Waals surface area contributed by atoms with Crippen molar-refractivity contribution in [2.75, 3.05) is 9.80 Å². The van der Waals surface area contributed by atoms with Crippen molar-refractivity contribution >= 4 is 61.6 Å². The van der Waals surface area contributed by atoms with Crippen molar-refractivity contribution < 1.29 is 0 Å². The van der Waals surface area contributed by atoms with Crippen molar-refractivity contribution in [2.24, 2.45) is 0 Å². The van der Waals surface area contributed by atoms with Gasteiger partial charge in [-0.3, -0.25) is 0 Å². The topological polar surface area (TPSA) is 65.3 Å². The normalized spacial score (nSPS) is 11.0. The maximum atomic E-state index is 9.66. The van der Waals surface area contributed by atoms with Crippen LogP contribution in [-0.4, -0.2) is 14.5 Å². The van der Waals surface area contributed by atoms with E-state index in [1.54, 1.807) is 0 Å². The highest BCUT2D eigenvalue weighted by molar-refractivity contribution is 6.12. The average molecular weight is 858 g/mol. The molecule has 0 fully saturated rings. The lowest BCUT2D eigenvalue weighted by atomic mass is 10.1. The fraction of sp³-hybridized carbons (Fsp3) is 0. The lowest BCUT2D eigenvalue weighted by Crippen LogP contribution is -2.10. The summed E-state index contributed by atoms with van der Waals surface area (Å²) in [7, 11) is 0. The van der Waals surface area contributed by atoms with Crippen molar-refractivity contribution in [1.82, 2.24) is 14.5 Å². The van der Waals surface area contributed by atoms with Crippen LogP contribution in [0.15, 0.2) is 237 Å². The molecule has 0 unspecified atom stereocenters. The Morgan fingerprint density at radius 2 is 0.836 bits per heavy atom. The summed E-state index contributed by atoms with van der Waals surface area (Å²) in [6.07, 6.45) is 0. The monoisotopic (exact) mass is 857 g/mol. The van der Waals surface area contributed by atoms with E-state index in [1.807, 2.05) is 109 Å². The Balaban J connectivity index is 1.09. The van der Waals surface area contributed by atoms with E-state index in [0.29, 0.717) is 17.1 Å². The summed E-state index contributed by atoms with van der Waals surface area (Å²) in [6.45, 7) is 7.60. The number of anilines is 6. The molecule has 9 aromatic carbocycles. The fourth-order valence-corrected chi connectivity index (χ4v) is 8.81. The van der Waals surface area contributed by atoms with Gasteiger partial charge in [0.2, 0.25) is 0 Å². The van der Waals surface area contributed by atoms with Gasteiger partial charge in [-0.05, 0) is 115 Å². The van der Waals surface area contributed by atoms with E-state index in [4.69, 9.17) is 16.5 Å². The van der Waals surface area contributed by atoms with Gasteiger partial charge in [-0.25, -0.2) is 14.8 Å². The number of fused-ring (bicyclic) bond motifs is 3. The molecule has 67 heavy (non-hydrogen) atoms. The van der Waals surface area contributed by atoms with Crippen molar-refractivity contribution in [2.45, 2.75) is 0 Å². The summed E-state index contributed by atoms with van der Waals surface area (Å²) >= 11 is 0. The van der Waals surface area contributed by atoms with Gasteiger partial charge in [0.25, 0.3) is 0 Å². The van der Waals surface area contributed by atoms with E-state index in [2.05, 4.69) is 153 Å². The molecule has 7 heteroatoms. The van der Waals surface area contributed by atoms with Crippen LogP contribution in [0.5, 0.6) is 0 Å². The van der Waals surface area contributed by atoms with Gasteiger partial charge in [-0.2, -0.15) is 5.26 Å². The quantitative estimate of drug-likeness (QED) is 0.128. The minimum absolute atomic E-state index is 0.565. The standard InChI is InChI=1S/C60H39N7/c1-62-46-26-32-50(33-27-46)66(49-28-22-42(41-61)23-29-49)53-35-37-59-55(39-53)54-38-52(65(47-18-10-4-11-19-47)48-20-12-5-13-21-48)34-36-58(54)67(59)51-30-24-44(25-31-51)57-40-56(43-14-6-2-7-15-43)63-60(64-57)45-16-8-3-9-17-45/h2-40H. The predicted octanol–water partition coefficient (Wildman–Crippen LogP) is 15.9. The Morgan fingerprint density at radius 1 is 0.418 bits per heavy atom. The second-order valence-corrected chi connectivity index (χ2v) is 16.1. The van der Waals surface area contributed by atoms with Gasteiger partial charge in [0.1, 0.15) is 0 Å². The molecule has 0 aliphatic carbocycles. The van der Waals surface area contributed by atoms with Crippen LogP contribution in [0.1, 0.15) is 5.56 Å². The molecular weight excluding hydrogens is 819 g/mol. The largest absolute Gasteiger partial charge is 0.311 e. The van der Waals surface area contributed by atoms with E-state index >= 15 is 0 Å². The van der Waals surface area contributed by atoms with E-state index in [-0.39, 0.29) is 0 Å². The number of benzene rings is 9. The highest BCUT2D eigenvalue weighted by Crippen LogP contribution is 2.43. The smallest absolute Gasteiger partial charge is 0.187 e. The second-order valence-electron chi connectivity index (χ2n) is 16.1. The zero-order chi connectivity index (χ0) is 45.1. The van der Waals surface area contributed by atoms with E-state index in [0.717, 1.165) is 89.7 Å². The molecule has 0 aliphatic rings. The first-order valence-electron chi connectivity index (χ1n) is 22.0. The Kier molecular flexibility index (Phi) is 10.5. The fourth-order valence-electron chi connectivity index (χ4n) is 8.81. The molecule has 0 saturated heterocycles. The summed E-state index contributed by atoms with van der Waals surface area (Å²) in [5.74, 6) is 0.674. The van der Waals surface area contributed by atoms with Crippen molar-refractivity contribution in [3.63, 3.8) is 0 Å². The summed E-state index contributed by atoms with van der Waals surface area (Å²) in [6, 6.07) is 82.8. The van der Waals surface area contributed by atoms with Gasteiger partial charge in [-0.15, -0.1) is 0 Å². The summed E-state index contributed by atoms with van der Waals surface area (Å²) in [4.78, 5) is 18.2. The molecule has 0 radical (unpaired) electrons. The number of hydrogen-bond acceptors (Lipinski definition) is 5. The highest BCUT2D eigenvalue weighted by Gasteiger charge is 2.21. The molecule has 0 N–H and O–H groups in total. The lowest BCUT2D eigenvalue weighted by molar-refractivity contribution is 1.17. The Morgan fingerprint density at radius 3 is 1.31 bits per heavy atom. The number of rotatable bonds is 10. The Labute approximate surface area is 388 Å². The van der Waals surface area contributed by atoms with Crippen LogP contribution < -0.4 is 9.80 Å². The van der Waals surface area contributed by atoms with Crippen molar-refractivity contribution in [1.29, 1.82) is 5.26 Å². The molecule has 0 saturated carbocycles. The molecule has 11 rings (SSSR count). The minimum Gasteiger partial charge on any atom is -0.311 e. The van der Waals surface area contributed by atoms with Gasteiger partial charge in [-0.1, -0.05) is 121 Å². The average Bonchev–Trinajstić information content (AvgIpc) is 3.73. The van der Waals surface area contributed by atoms with Crippen LogP contribution in [0.3, 0.4) is 0 Å². The molecule has 0 aliphatic heterocycles. The van der Waals surface area contributed by atoms with Crippen LogP contribution in [0.4, 0.5) is 39.8 Å². The number of nitriles is 1. The lowest BCUT2D eigenvalue weighted by Gasteiger charge is -2.26. The molecule has 7 nitrogen and oxygen atoms in total. The van der Waals surface area contributed by atoms with Crippen LogP contribution in [-0.2, 0) is 0 Å². The van der Waals surface area contributed by atoms with Crippen LogP contribution in [0, 0.1) is 17.9 Å². The molecule has 2 aromatic heterocycles. The predicted molar refractivity (Wildman–Crippen MR) is 273 cm³/mol.